The molecule has 0 heterocycles. The van der Waals surface area contributed by atoms with Crippen molar-refractivity contribution in [2.45, 2.75) is 46.3 Å². The second-order valence-electron chi connectivity index (χ2n) is 2.54. The summed E-state index contributed by atoms with van der Waals surface area (Å²) in [5.41, 5.74) is 0. The summed E-state index contributed by atoms with van der Waals surface area (Å²) in [5, 5.41) is 8.66. The van der Waals surface area contributed by atoms with Crippen molar-refractivity contribution in [3.8, 4) is 0 Å². The SMILES string of the molecule is CC[N-]C(C)[N-]C(C)CC.[CH3-].[Y+3]. The zero-order chi connectivity index (χ0) is 7.98. The monoisotopic (exact) mass is 246 g/mol. The van der Waals surface area contributed by atoms with Crippen molar-refractivity contribution in [2.24, 2.45) is 0 Å². The van der Waals surface area contributed by atoms with Crippen LogP contribution in [0.15, 0.2) is 0 Å². The summed E-state index contributed by atoms with van der Waals surface area (Å²) in [4.78, 5) is 0. The number of rotatable bonds is 5. The Bertz CT molecular complexity index is 78.9. The molecule has 0 aliphatic carbocycles. The molecular weight excluding hydrogens is 225 g/mol. The molecule has 2 unspecified atom stereocenters. The molecule has 0 saturated carbocycles. The van der Waals surface area contributed by atoms with Gasteiger partial charge in [0.25, 0.3) is 0 Å². The molecule has 0 aliphatic rings. The fourth-order valence-electron chi connectivity index (χ4n) is 0.785. The van der Waals surface area contributed by atoms with Crippen molar-refractivity contribution in [3.05, 3.63) is 18.1 Å². The van der Waals surface area contributed by atoms with Crippen LogP contribution in [0, 0.1) is 7.43 Å². The molecule has 0 aliphatic heterocycles. The minimum Gasteiger partial charge on any atom is -0.678 e. The Kier molecular flexibility index (Phi) is 18.8. The van der Waals surface area contributed by atoms with E-state index in [1.807, 2.05) is 13.8 Å². The molecule has 0 spiro atoms. The van der Waals surface area contributed by atoms with Crippen molar-refractivity contribution in [3.63, 3.8) is 0 Å². The van der Waals surface area contributed by atoms with E-state index in [1.54, 1.807) is 0 Å². The van der Waals surface area contributed by atoms with Gasteiger partial charge >= 0.3 is 32.7 Å². The second-order valence-corrected chi connectivity index (χ2v) is 2.54. The maximum atomic E-state index is 4.42. The third-order valence-electron chi connectivity index (χ3n) is 1.51. The summed E-state index contributed by atoms with van der Waals surface area (Å²) in [6.45, 7) is 9.23. The van der Waals surface area contributed by atoms with E-state index < -0.39 is 0 Å². The van der Waals surface area contributed by atoms with Crippen molar-refractivity contribution < 1.29 is 32.7 Å². The summed E-state index contributed by atoms with van der Waals surface area (Å²) in [5.74, 6) is 0. The third-order valence-corrected chi connectivity index (χ3v) is 1.51. The molecular formula is C9H21N2Y. The molecule has 0 aromatic rings. The van der Waals surface area contributed by atoms with E-state index >= 15 is 0 Å². The zero-order valence-electron chi connectivity index (χ0n) is 9.04. The quantitative estimate of drug-likeness (QED) is 0.665. The topological polar surface area (TPSA) is 28.2 Å². The average Bonchev–Trinajstić information content (AvgIpc) is 1.88. The molecule has 0 fully saturated rings. The third kappa shape index (κ3) is 11.0. The van der Waals surface area contributed by atoms with E-state index in [0.29, 0.717) is 6.04 Å². The second kappa shape index (κ2) is 12.0. The molecule has 0 aromatic carbocycles. The Hall–Kier alpha value is 1.02. The Labute approximate surface area is 103 Å². The molecule has 0 aromatic heterocycles. The molecule has 0 amide bonds. The van der Waals surface area contributed by atoms with Gasteiger partial charge in [0.2, 0.25) is 0 Å². The van der Waals surface area contributed by atoms with Crippen LogP contribution in [-0.4, -0.2) is 18.8 Å². The number of hydrogen-bond donors (Lipinski definition) is 0. The first kappa shape index (κ1) is 18.7. The Morgan fingerprint density at radius 2 is 1.67 bits per heavy atom. The normalized spacial score (nSPS) is 14.0. The molecule has 3 heteroatoms. The van der Waals surface area contributed by atoms with Crippen molar-refractivity contribution in [1.29, 1.82) is 0 Å². The van der Waals surface area contributed by atoms with Crippen LogP contribution in [0.25, 0.3) is 10.6 Å². The molecule has 2 nitrogen and oxygen atoms in total. The maximum absolute atomic E-state index is 4.42. The predicted molar refractivity (Wildman–Crippen MR) is 52.9 cm³/mol. The van der Waals surface area contributed by atoms with Crippen LogP contribution in [0.3, 0.4) is 0 Å². The van der Waals surface area contributed by atoms with Crippen LogP contribution >= 0.6 is 0 Å². The van der Waals surface area contributed by atoms with Gasteiger partial charge in [0.15, 0.2) is 0 Å². The number of nitrogens with zero attached hydrogens (tertiary/aromatic N) is 2. The first-order chi connectivity index (χ1) is 4.70. The van der Waals surface area contributed by atoms with Crippen LogP contribution in [0.1, 0.15) is 34.1 Å². The van der Waals surface area contributed by atoms with Gasteiger partial charge in [-0.15, -0.1) is 13.0 Å². The van der Waals surface area contributed by atoms with E-state index in [0.717, 1.165) is 13.0 Å². The van der Waals surface area contributed by atoms with E-state index in [-0.39, 0.29) is 46.3 Å². The summed E-state index contributed by atoms with van der Waals surface area (Å²) in [6.07, 6.45) is 1.31. The summed E-state index contributed by atoms with van der Waals surface area (Å²) in [6, 6.07) is 0.463. The molecule has 0 rings (SSSR count). The minimum atomic E-state index is 0. The van der Waals surface area contributed by atoms with E-state index in [1.165, 1.54) is 0 Å². The van der Waals surface area contributed by atoms with Gasteiger partial charge in [-0.3, -0.25) is 0 Å². The summed E-state index contributed by atoms with van der Waals surface area (Å²) < 4.78 is 0. The first-order valence-corrected chi connectivity index (χ1v) is 4.07. The molecule has 70 valence electrons. The van der Waals surface area contributed by atoms with Gasteiger partial charge in [0.05, 0.1) is 0 Å². The molecule has 2 atom stereocenters. The molecule has 0 N–H and O–H groups in total. The summed E-state index contributed by atoms with van der Waals surface area (Å²) in [7, 11) is 0. The fourth-order valence-corrected chi connectivity index (χ4v) is 0.785. The zero-order valence-corrected chi connectivity index (χ0v) is 11.9. The van der Waals surface area contributed by atoms with Gasteiger partial charge < -0.3 is 18.1 Å². The van der Waals surface area contributed by atoms with Crippen molar-refractivity contribution in [1.82, 2.24) is 0 Å². The van der Waals surface area contributed by atoms with Crippen LogP contribution in [0.5, 0.6) is 0 Å². The largest absolute Gasteiger partial charge is 3.00 e. The van der Waals surface area contributed by atoms with E-state index in [9.17, 15) is 0 Å². The van der Waals surface area contributed by atoms with E-state index in [2.05, 4.69) is 24.5 Å². The Balaban J connectivity index is -0.000000405. The number of hydrogen-bond acceptors (Lipinski definition) is 0. The van der Waals surface area contributed by atoms with Crippen LogP contribution < -0.4 is 0 Å². The van der Waals surface area contributed by atoms with Gasteiger partial charge in [-0.25, -0.2) is 6.17 Å². The van der Waals surface area contributed by atoms with Crippen LogP contribution in [0.2, 0.25) is 0 Å². The predicted octanol–water partition coefficient (Wildman–Crippen LogP) is 3.35. The molecule has 0 radical (unpaired) electrons. The Morgan fingerprint density at radius 1 is 1.17 bits per heavy atom. The average molecular weight is 246 g/mol. The van der Waals surface area contributed by atoms with Crippen molar-refractivity contribution in [2.75, 3.05) is 6.54 Å². The van der Waals surface area contributed by atoms with Gasteiger partial charge in [-0.05, 0) is 0 Å². The fraction of sp³-hybridized carbons (Fsp3) is 0.889. The Morgan fingerprint density at radius 3 is 2.00 bits per heavy atom. The van der Waals surface area contributed by atoms with Crippen LogP contribution in [-0.2, 0) is 32.7 Å². The van der Waals surface area contributed by atoms with Gasteiger partial charge in [-0.1, -0.05) is 27.2 Å². The minimum absolute atomic E-state index is 0. The molecule has 0 saturated heterocycles. The van der Waals surface area contributed by atoms with Gasteiger partial charge in [0.1, 0.15) is 0 Å². The standard InChI is InChI=1S/C8H18N2.CH3.Y/c1-5-7(3)10-8(4)9-6-2;;/h7-8H,5-6H2,1-4H3;1H3;/q-2;-1;+3. The smallest absolute Gasteiger partial charge is 0.678 e. The molecule has 12 heavy (non-hydrogen) atoms. The van der Waals surface area contributed by atoms with Gasteiger partial charge in [-0.2, -0.15) is 6.54 Å². The summed E-state index contributed by atoms with van der Waals surface area (Å²) >= 11 is 0. The van der Waals surface area contributed by atoms with Crippen LogP contribution in [0.4, 0.5) is 0 Å². The van der Waals surface area contributed by atoms with E-state index in [4.69, 9.17) is 0 Å². The first-order valence-electron chi connectivity index (χ1n) is 4.07. The molecule has 0 bridgehead atoms. The van der Waals surface area contributed by atoms with Crippen molar-refractivity contribution >= 4 is 0 Å². The van der Waals surface area contributed by atoms with Gasteiger partial charge in [0, 0.05) is 0 Å². The maximum Gasteiger partial charge on any atom is 3.00 e.